The lowest BCUT2D eigenvalue weighted by molar-refractivity contribution is -0.123. The molecule has 8 heteroatoms. The van der Waals surface area contributed by atoms with Crippen LogP contribution in [0.3, 0.4) is 0 Å². The van der Waals surface area contributed by atoms with E-state index in [-0.39, 0.29) is 12.2 Å². The molecule has 0 saturated carbocycles. The molecule has 2 aromatic rings. The van der Waals surface area contributed by atoms with Crippen molar-refractivity contribution in [2.75, 3.05) is 20.8 Å². The van der Waals surface area contributed by atoms with E-state index in [0.29, 0.717) is 22.3 Å². The number of hydrazine groups is 1. The lowest BCUT2D eigenvalue weighted by atomic mass is 10.2. The molecule has 2 aromatic carbocycles. The Labute approximate surface area is 149 Å². The summed E-state index contributed by atoms with van der Waals surface area (Å²) in [6.45, 7) is -0.265. The first-order valence-corrected chi connectivity index (χ1v) is 7.61. The summed E-state index contributed by atoms with van der Waals surface area (Å²) in [5.41, 5.74) is 4.74. The van der Waals surface area contributed by atoms with Crippen molar-refractivity contribution < 1.29 is 23.8 Å². The Bertz CT molecular complexity index is 749. The molecule has 0 radical (unpaired) electrons. The summed E-state index contributed by atoms with van der Waals surface area (Å²) in [5, 5.41) is 0.375. The van der Waals surface area contributed by atoms with E-state index in [0.717, 1.165) is 0 Å². The van der Waals surface area contributed by atoms with E-state index in [1.54, 1.807) is 43.5 Å². The largest absolute Gasteiger partial charge is 0.497 e. The SMILES string of the molecule is COc1ccc(OCC(=O)NNC(=O)c2cc(Cl)ccc2OC)cc1. The van der Waals surface area contributed by atoms with Gasteiger partial charge in [0.1, 0.15) is 17.2 Å². The van der Waals surface area contributed by atoms with Crippen LogP contribution in [0, 0.1) is 0 Å². The second-order valence-electron chi connectivity index (χ2n) is 4.81. The third kappa shape index (κ3) is 5.29. The van der Waals surface area contributed by atoms with Gasteiger partial charge in [-0.15, -0.1) is 0 Å². The molecule has 0 fully saturated rings. The summed E-state index contributed by atoms with van der Waals surface area (Å²) in [7, 11) is 2.99. The number of carbonyl (C=O) groups excluding carboxylic acids is 2. The van der Waals surface area contributed by atoms with Crippen molar-refractivity contribution in [1.29, 1.82) is 0 Å². The molecule has 0 aliphatic carbocycles. The second-order valence-corrected chi connectivity index (χ2v) is 5.25. The van der Waals surface area contributed by atoms with Gasteiger partial charge in [-0.05, 0) is 42.5 Å². The number of hydrogen-bond donors (Lipinski definition) is 2. The van der Waals surface area contributed by atoms with Crippen LogP contribution in [-0.2, 0) is 4.79 Å². The van der Waals surface area contributed by atoms with E-state index in [1.165, 1.54) is 13.2 Å². The number of ether oxygens (including phenoxy) is 3. The topological polar surface area (TPSA) is 85.9 Å². The van der Waals surface area contributed by atoms with Crippen molar-refractivity contribution in [2.45, 2.75) is 0 Å². The molecule has 0 heterocycles. The normalized spacial score (nSPS) is 9.88. The van der Waals surface area contributed by atoms with E-state index >= 15 is 0 Å². The zero-order valence-corrected chi connectivity index (χ0v) is 14.4. The number of carbonyl (C=O) groups is 2. The Morgan fingerprint density at radius 1 is 0.960 bits per heavy atom. The van der Waals surface area contributed by atoms with Crippen LogP contribution in [0.4, 0.5) is 0 Å². The number of halogens is 1. The van der Waals surface area contributed by atoms with Crippen LogP contribution in [0.2, 0.25) is 5.02 Å². The van der Waals surface area contributed by atoms with E-state index in [1.807, 2.05) is 0 Å². The molecule has 0 atom stereocenters. The lowest BCUT2D eigenvalue weighted by Gasteiger charge is -2.11. The standard InChI is InChI=1S/C17H17ClN2O5/c1-23-12-4-6-13(7-5-12)25-10-16(21)19-20-17(22)14-9-11(18)3-8-15(14)24-2/h3-9H,10H2,1-2H3,(H,19,21)(H,20,22). The monoisotopic (exact) mass is 364 g/mol. The molecule has 2 N–H and O–H groups in total. The van der Waals surface area contributed by atoms with E-state index in [2.05, 4.69) is 10.9 Å². The summed E-state index contributed by atoms with van der Waals surface area (Å²) in [6.07, 6.45) is 0. The summed E-state index contributed by atoms with van der Waals surface area (Å²) in [5.74, 6) is 0.436. The Morgan fingerprint density at radius 2 is 1.64 bits per heavy atom. The van der Waals surface area contributed by atoms with Crippen molar-refractivity contribution in [1.82, 2.24) is 10.9 Å². The van der Waals surface area contributed by atoms with Crippen LogP contribution in [-0.4, -0.2) is 32.6 Å². The lowest BCUT2D eigenvalue weighted by Crippen LogP contribution is -2.43. The molecule has 0 saturated heterocycles. The van der Waals surface area contributed by atoms with Gasteiger partial charge in [0, 0.05) is 5.02 Å². The number of hydrogen-bond acceptors (Lipinski definition) is 5. The van der Waals surface area contributed by atoms with Crippen LogP contribution in [0.25, 0.3) is 0 Å². The van der Waals surface area contributed by atoms with Gasteiger partial charge in [-0.2, -0.15) is 0 Å². The number of amides is 2. The molecule has 2 rings (SSSR count). The van der Waals surface area contributed by atoms with E-state index in [9.17, 15) is 9.59 Å². The van der Waals surface area contributed by atoms with Gasteiger partial charge in [0.05, 0.1) is 19.8 Å². The van der Waals surface area contributed by atoms with E-state index in [4.69, 9.17) is 25.8 Å². The fourth-order valence-corrected chi connectivity index (χ4v) is 2.08. The minimum absolute atomic E-state index is 0.200. The highest BCUT2D eigenvalue weighted by atomic mass is 35.5. The predicted molar refractivity (Wildman–Crippen MR) is 92.1 cm³/mol. The summed E-state index contributed by atoms with van der Waals surface area (Å²) >= 11 is 5.87. The molecule has 7 nitrogen and oxygen atoms in total. The molecule has 132 valence electrons. The van der Waals surface area contributed by atoms with Crippen LogP contribution in [0.1, 0.15) is 10.4 Å². The Kier molecular flexibility index (Phi) is 6.47. The molecular weight excluding hydrogens is 348 g/mol. The Morgan fingerprint density at radius 3 is 2.28 bits per heavy atom. The first-order chi connectivity index (χ1) is 12.0. The van der Waals surface area contributed by atoms with Gasteiger partial charge in [0.15, 0.2) is 6.61 Å². The molecule has 25 heavy (non-hydrogen) atoms. The Hall–Kier alpha value is -2.93. The zero-order chi connectivity index (χ0) is 18.2. The van der Waals surface area contributed by atoms with Gasteiger partial charge in [-0.25, -0.2) is 0 Å². The third-order valence-corrected chi connectivity index (χ3v) is 3.39. The summed E-state index contributed by atoms with van der Waals surface area (Å²) in [4.78, 5) is 23.9. The quantitative estimate of drug-likeness (QED) is 0.767. The van der Waals surface area contributed by atoms with Gasteiger partial charge in [-0.1, -0.05) is 11.6 Å². The average Bonchev–Trinajstić information content (AvgIpc) is 2.64. The van der Waals surface area contributed by atoms with Gasteiger partial charge < -0.3 is 14.2 Å². The molecule has 2 amide bonds. The van der Waals surface area contributed by atoms with Crippen LogP contribution in [0.5, 0.6) is 17.2 Å². The smallest absolute Gasteiger partial charge is 0.276 e. The highest BCUT2D eigenvalue weighted by Crippen LogP contribution is 2.22. The van der Waals surface area contributed by atoms with Crippen molar-refractivity contribution in [3.8, 4) is 17.2 Å². The average molecular weight is 365 g/mol. The maximum Gasteiger partial charge on any atom is 0.276 e. The maximum atomic E-state index is 12.1. The number of methoxy groups -OCH3 is 2. The third-order valence-electron chi connectivity index (χ3n) is 3.15. The summed E-state index contributed by atoms with van der Waals surface area (Å²) in [6, 6.07) is 11.4. The Balaban J connectivity index is 1.85. The van der Waals surface area contributed by atoms with Gasteiger partial charge >= 0.3 is 0 Å². The van der Waals surface area contributed by atoms with Crippen molar-refractivity contribution in [3.63, 3.8) is 0 Å². The van der Waals surface area contributed by atoms with Gasteiger partial charge in [0.25, 0.3) is 11.8 Å². The fraction of sp³-hybridized carbons (Fsp3) is 0.176. The minimum atomic E-state index is -0.558. The molecule has 0 unspecified atom stereocenters. The predicted octanol–water partition coefficient (Wildman–Crippen LogP) is 2.20. The molecular formula is C17H17ClN2O5. The number of benzene rings is 2. The molecule has 0 aromatic heterocycles. The highest BCUT2D eigenvalue weighted by Gasteiger charge is 2.14. The van der Waals surface area contributed by atoms with E-state index < -0.39 is 11.8 Å². The maximum absolute atomic E-state index is 12.1. The molecule has 0 spiro atoms. The molecule has 0 aliphatic rings. The zero-order valence-electron chi connectivity index (χ0n) is 13.7. The van der Waals surface area contributed by atoms with Gasteiger partial charge in [0.2, 0.25) is 0 Å². The highest BCUT2D eigenvalue weighted by molar-refractivity contribution is 6.31. The fourth-order valence-electron chi connectivity index (χ4n) is 1.91. The van der Waals surface area contributed by atoms with Crippen LogP contribution in [0.15, 0.2) is 42.5 Å². The second kappa shape index (κ2) is 8.79. The van der Waals surface area contributed by atoms with Crippen LogP contribution < -0.4 is 25.1 Å². The van der Waals surface area contributed by atoms with Gasteiger partial charge in [-0.3, -0.25) is 20.4 Å². The molecule has 0 bridgehead atoms. The minimum Gasteiger partial charge on any atom is -0.497 e. The first-order valence-electron chi connectivity index (χ1n) is 7.23. The van der Waals surface area contributed by atoms with Crippen molar-refractivity contribution >= 4 is 23.4 Å². The van der Waals surface area contributed by atoms with Crippen molar-refractivity contribution in [3.05, 3.63) is 53.1 Å². The number of rotatable bonds is 6. The number of nitrogens with one attached hydrogen (secondary N) is 2. The van der Waals surface area contributed by atoms with Crippen molar-refractivity contribution in [2.24, 2.45) is 0 Å². The van der Waals surface area contributed by atoms with Crippen LogP contribution >= 0.6 is 11.6 Å². The first kappa shape index (κ1) is 18.4. The molecule has 0 aliphatic heterocycles. The summed E-state index contributed by atoms with van der Waals surface area (Å²) < 4.78 is 15.4.